The summed E-state index contributed by atoms with van der Waals surface area (Å²) in [6.45, 7) is 1.61. The number of rotatable bonds is 7. The summed E-state index contributed by atoms with van der Waals surface area (Å²) in [6, 6.07) is 16.0. The molecule has 0 aliphatic carbocycles. The van der Waals surface area contributed by atoms with Crippen LogP contribution in [0, 0.1) is 10.1 Å². The molecule has 0 unspecified atom stereocenters. The number of nitro groups is 1. The molecule has 0 aromatic heterocycles. The standard InChI is InChI=1S/C20H17ClN4O5S/c1-13(15-6-2-5-9-19(15)26)22-23-18-11-10-14(25(27)28)12-20(18)31(29,30)24-17-8-4-3-7-16(17)21/h2-12,23-24,26H,1H3/b22-13+. The zero-order valence-electron chi connectivity index (χ0n) is 16.1. The molecule has 0 aliphatic rings. The van der Waals surface area contributed by atoms with E-state index in [-0.39, 0.29) is 22.1 Å². The number of hydrogen-bond acceptors (Lipinski definition) is 7. The molecule has 3 N–H and O–H groups in total. The number of sulfonamides is 1. The number of nitro benzene ring substituents is 1. The monoisotopic (exact) mass is 460 g/mol. The predicted octanol–water partition coefficient (Wildman–Crippen LogP) is 4.59. The number of hydrazone groups is 1. The van der Waals surface area contributed by atoms with Crippen LogP contribution in [0.25, 0.3) is 0 Å². The molecule has 0 fully saturated rings. The molecule has 0 heterocycles. The molecule has 3 rings (SSSR count). The maximum absolute atomic E-state index is 13.0. The molecular formula is C20H17ClN4O5S. The van der Waals surface area contributed by atoms with Crippen molar-refractivity contribution in [2.24, 2.45) is 5.10 Å². The first-order valence-electron chi connectivity index (χ1n) is 8.83. The lowest BCUT2D eigenvalue weighted by Gasteiger charge is -2.13. The van der Waals surface area contributed by atoms with Gasteiger partial charge in [-0.2, -0.15) is 5.10 Å². The van der Waals surface area contributed by atoms with Crippen LogP contribution in [0.4, 0.5) is 17.1 Å². The van der Waals surface area contributed by atoms with Crippen molar-refractivity contribution in [2.45, 2.75) is 11.8 Å². The highest BCUT2D eigenvalue weighted by Crippen LogP contribution is 2.30. The van der Waals surface area contributed by atoms with E-state index in [2.05, 4.69) is 15.2 Å². The molecular weight excluding hydrogens is 444 g/mol. The van der Waals surface area contributed by atoms with Gasteiger partial charge in [0.05, 0.1) is 27.0 Å². The van der Waals surface area contributed by atoms with Crippen molar-refractivity contribution in [1.29, 1.82) is 0 Å². The minimum Gasteiger partial charge on any atom is -0.507 e. The second kappa shape index (κ2) is 9.02. The Morgan fingerprint density at radius 3 is 2.42 bits per heavy atom. The summed E-state index contributed by atoms with van der Waals surface area (Å²) in [5.74, 6) is 0.00230. The highest BCUT2D eigenvalue weighted by Gasteiger charge is 2.23. The first-order valence-corrected chi connectivity index (χ1v) is 10.7. The van der Waals surface area contributed by atoms with Crippen LogP contribution in [0.3, 0.4) is 0 Å². The molecule has 0 amide bonds. The summed E-state index contributed by atoms with van der Waals surface area (Å²) in [5, 5.41) is 25.4. The maximum Gasteiger partial charge on any atom is 0.270 e. The average molecular weight is 461 g/mol. The van der Waals surface area contributed by atoms with Gasteiger partial charge in [-0.25, -0.2) is 8.42 Å². The maximum atomic E-state index is 13.0. The molecule has 3 aromatic carbocycles. The lowest BCUT2D eigenvalue weighted by atomic mass is 10.1. The molecule has 11 heteroatoms. The number of nitrogens with one attached hydrogen (secondary N) is 2. The van der Waals surface area contributed by atoms with Crippen molar-refractivity contribution < 1.29 is 18.4 Å². The number of halogens is 1. The van der Waals surface area contributed by atoms with Crippen molar-refractivity contribution in [3.63, 3.8) is 0 Å². The van der Waals surface area contributed by atoms with Gasteiger partial charge in [0.1, 0.15) is 10.6 Å². The number of non-ortho nitro benzene ring substituents is 1. The SMILES string of the molecule is C/C(=N\Nc1ccc([N+](=O)[O-])cc1S(=O)(=O)Nc1ccccc1Cl)c1ccccc1O. The fourth-order valence-corrected chi connectivity index (χ4v) is 4.16. The van der Waals surface area contributed by atoms with Crippen LogP contribution in [0.15, 0.2) is 76.7 Å². The van der Waals surface area contributed by atoms with Gasteiger partial charge in [-0.05, 0) is 37.3 Å². The summed E-state index contributed by atoms with van der Waals surface area (Å²) in [7, 11) is -4.26. The lowest BCUT2D eigenvalue weighted by molar-refractivity contribution is -0.385. The second-order valence-corrected chi connectivity index (χ2v) is 8.41. The van der Waals surface area contributed by atoms with Gasteiger partial charge in [-0.1, -0.05) is 35.9 Å². The molecule has 9 nitrogen and oxygen atoms in total. The lowest BCUT2D eigenvalue weighted by Crippen LogP contribution is -2.15. The molecule has 31 heavy (non-hydrogen) atoms. The van der Waals surface area contributed by atoms with Gasteiger partial charge in [-0.15, -0.1) is 0 Å². The van der Waals surface area contributed by atoms with E-state index in [1.54, 1.807) is 37.3 Å². The van der Waals surface area contributed by atoms with Crippen molar-refractivity contribution in [3.05, 3.63) is 87.4 Å². The number of aromatic hydroxyl groups is 1. The highest BCUT2D eigenvalue weighted by atomic mass is 35.5. The first-order chi connectivity index (χ1) is 14.7. The largest absolute Gasteiger partial charge is 0.507 e. The molecule has 3 aromatic rings. The summed E-state index contributed by atoms with van der Waals surface area (Å²) >= 11 is 6.03. The zero-order chi connectivity index (χ0) is 22.6. The second-order valence-electron chi connectivity index (χ2n) is 6.35. The van der Waals surface area contributed by atoms with E-state index in [1.165, 1.54) is 24.3 Å². The summed E-state index contributed by atoms with van der Waals surface area (Å²) in [4.78, 5) is 10.1. The summed E-state index contributed by atoms with van der Waals surface area (Å²) in [6.07, 6.45) is 0. The van der Waals surface area contributed by atoms with Gasteiger partial charge >= 0.3 is 0 Å². The third-order valence-electron chi connectivity index (χ3n) is 4.22. The van der Waals surface area contributed by atoms with E-state index in [1.807, 2.05) is 0 Å². The van der Waals surface area contributed by atoms with E-state index in [4.69, 9.17) is 11.6 Å². The Bertz CT molecular complexity index is 1280. The fourth-order valence-electron chi connectivity index (χ4n) is 2.67. The topological polar surface area (TPSA) is 134 Å². The number of nitrogens with zero attached hydrogens (tertiary/aromatic N) is 2. The van der Waals surface area contributed by atoms with Crippen LogP contribution in [0.2, 0.25) is 5.02 Å². The number of benzene rings is 3. The van der Waals surface area contributed by atoms with E-state index < -0.39 is 25.5 Å². The number of phenols is 1. The Morgan fingerprint density at radius 1 is 1.06 bits per heavy atom. The number of hydrogen-bond donors (Lipinski definition) is 3. The number of anilines is 2. The fraction of sp³-hybridized carbons (Fsp3) is 0.0500. The Balaban J connectivity index is 2.02. The third-order valence-corrected chi connectivity index (χ3v) is 5.96. The summed E-state index contributed by atoms with van der Waals surface area (Å²) in [5.41, 5.74) is 3.14. The Labute approximate surface area is 183 Å². The van der Waals surface area contributed by atoms with E-state index >= 15 is 0 Å². The molecule has 160 valence electrons. The minimum atomic E-state index is -4.26. The van der Waals surface area contributed by atoms with Crippen LogP contribution in [-0.4, -0.2) is 24.2 Å². The highest BCUT2D eigenvalue weighted by molar-refractivity contribution is 7.93. The van der Waals surface area contributed by atoms with E-state index in [0.717, 1.165) is 12.1 Å². The van der Waals surface area contributed by atoms with Gasteiger partial charge in [-0.3, -0.25) is 20.3 Å². The first kappa shape index (κ1) is 22.1. The third kappa shape index (κ3) is 5.11. The smallest absolute Gasteiger partial charge is 0.270 e. The molecule has 0 bridgehead atoms. The van der Waals surface area contributed by atoms with Crippen molar-refractivity contribution >= 4 is 44.4 Å². The molecule has 0 atom stereocenters. The quantitative estimate of drug-likeness (QED) is 0.268. The Morgan fingerprint density at radius 2 is 1.74 bits per heavy atom. The van der Waals surface area contributed by atoms with Crippen molar-refractivity contribution in [3.8, 4) is 5.75 Å². The average Bonchev–Trinajstić information content (AvgIpc) is 2.73. The summed E-state index contributed by atoms with van der Waals surface area (Å²) < 4.78 is 28.3. The predicted molar refractivity (Wildman–Crippen MR) is 119 cm³/mol. The van der Waals surface area contributed by atoms with Gasteiger partial charge in [0, 0.05) is 17.7 Å². The van der Waals surface area contributed by atoms with Gasteiger partial charge in [0.25, 0.3) is 15.7 Å². The zero-order valence-corrected chi connectivity index (χ0v) is 17.7. The Hall–Kier alpha value is -3.63. The molecule has 0 radical (unpaired) electrons. The van der Waals surface area contributed by atoms with Crippen molar-refractivity contribution in [2.75, 3.05) is 10.1 Å². The van der Waals surface area contributed by atoms with Crippen LogP contribution in [0.1, 0.15) is 12.5 Å². The number of para-hydroxylation sites is 2. The molecule has 0 aliphatic heterocycles. The van der Waals surface area contributed by atoms with Gasteiger partial charge in [0.15, 0.2) is 0 Å². The normalized spacial score (nSPS) is 11.7. The Kier molecular flexibility index (Phi) is 6.42. The van der Waals surface area contributed by atoms with E-state index in [9.17, 15) is 23.6 Å². The molecule has 0 saturated heterocycles. The van der Waals surface area contributed by atoms with Gasteiger partial charge < -0.3 is 5.11 Å². The molecule has 0 saturated carbocycles. The van der Waals surface area contributed by atoms with Crippen LogP contribution in [-0.2, 0) is 10.0 Å². The van der Waals surface area contributed by atoms with Gasteiger partial charge in [0.2, 0.25) is 0 Å². The van der Waals surface area contributed by atoms with E-state index in [0.29, 0.717) is 11.3 Å². The van der Waals surface area contributed by atoms with Crippen LogP contribution in [0.5, 0.6) is 5.75 Å². The molecule has 0 spiro atoms. The van der Waals surface area contributed by atoms with Crippen molar-refractivity contribution in [1.82, 2.24) is 0 Å². The van der Waals surface area contributed by atoms with Crippen LogP contribution < -0.4 is 10.1 Å². The number of phenolic OH excluding ortho intramolecular Hbond substituents is 1. The van der Waals surface area contributed by atoms with Crippen LogP contribution >= 0.6 is 11.6 Å². The minimum absolute atomic E-state index is 0.0000699.